The van der Waals surface area contributed by atoms with Gasteiger partial charge in [0, 0.05) is 18.9 Å². The highest BCUT2D eigenvalue weighted by molar-refractivity contribution is 5.91. The second-order valence-electron chi connectivity index (χ2n) is 7.30. The van der Waals surface area contributed by atoms with Gasteiger partial charge in [0.1, 0.15) is 5.78 Å². The number of hydrogen-bond acceptors (Lipinski definition) is 2. The predicted molar refractivity (Wildman–Crippen MR) is 92.7 cm³/mol. The van der Waals surface area contributed by atoms with Gasteiger partial charge in [-0.2, -0.15) is 0 Å². The Bertz CT molecular complexity index is 730. The molecular formula is C21H24O2. The van der Waals surface area contributed by atoms with Gasteiger partial charge in [-0.15, -0.1) is 0 Å². The van der Waals surface area contributed by atoms with Crippen LogP contribution < -0.4 is 0 Å². The summed E-state index contributed by atoms with van der Waals surface area (Å²) in [5, 5.41) is 9.98. The van der Waals surface area contributed by atoms with Gasteiger partial charge in [-0.1, -0.05) is 62.4 Å². The number of aryl methyl sites for hydroxylation is 1. The van der Waals surface area contributed by atoms with E-state index in [1.165, 1.54) is 5.56 Å². The van der Waals surface area contributed by atoms with Crippen LogP contribution in [0.15, 0.2) is 48.5 Å². The lowest BCUT2D eigenvalue weighted by atomic mass is 9.61. The zero-order valence-corrected chi connectivity index (χ0v) is 14.0. The highest BCUT2D eigenvalue weighted by Crippen LogP contribution is 2.50. The molecule has 0 saturated heterocycles. The Kier molecular flexibility index (Phi) is 4.11. The number of Topliss-reactive ketones (excluding diaryl/α,β-unsaturated/α-hetero) is 1. The van der Waals surface area contributed by atoms with Gasteiger partial charge in [-0.05, 0) is 34.6 Å². The van der Waals surface area contributed by atoms with Crippen LogP contribution in [0, 0.1) is 12.3 Å². The quantitative estimate of drug-likeness (QED) is 0.930. The first kappa shape index (κ1) is 15.9. The fourth-order valence-corrected chi connectivity index (χ4v) is 3.92. The molecule has 1 aliphatic carbocycles. The molecule has 0 bridgehead atoms. The minimum absolute atomic E-state index is 0.00829. The van der Waals surface area contributed by atoms with E-state index in [2.05, 4.69) is 39.0 Å². The molecular weight excluding hydrogens is 284 g/mol. The van der Waals surface area contributed by atoms with Crippen LogP contribution in [-0.4, -0.2) is 17.5 Å². The molecule has 2 unspecified atom stereocenters. The van der Waals surface area contributed by atoms with Gasteiger partial charge in [0.25, 0.3) is 0 Å². The largest absolute Gasteiger partial charge is 0.396 e. The number of rotatable bonds is 3. The summed E-state index contributed by atoms with van der Waals surface area (Å²) >= 11 is 0. The average Bonchev–Trinajstić information content (AvgIpc) is 2.54. The molecule has 2 nitrogen and oxygen atoms in total. The third kappa shape index (κ3) is 2.72. The molecule has 3 rings (SSSR count). The van der Waals surface area contributed by atoms with Gasteiger partial charge in [0.2, 0.25) is 0 Å². The highest BCUT2D eigenvalue weighted by atomic mass is 16.3. The molecule has 0 aromatic heterocycles. The van der Waals surface area contributed by atoms with Crippen LogP contribution in [0.1, 0.15) is 47.9 Å². The number of benzene rings is 2. The molecule has 2 heteroatoms. The fraction of sp³-hybridized carbons (Fsp3) is 0.381. The van der Waals surface area contributed by atoms with Crippen LogP contribution in [0.2, 0.25) is 0 Å². The number of hydrogen-bond donors (Lipinski definition) is 1. The van der Waals surface area contributed by atoms with Crippen molar-refractivity contribution >= 4 is 5.78 Å². The molecule has 2 aromatic carbocycles. The summed E-state index contributed by atoms with van der Waals surface area (Å²) in [4.78, 5) is 13.0. The van der Waals surface area contributed by atoms with Crippen molar-refractivity contribution in [1.82, 2.24) is 0 Å². The number of carbonyl (C=O) groups is 1. The molecule has 0 saturated carbocycles. The third-order valence-electron chi connectivity index (χ3n) is 5.21. The van der Waals surface area contributed by atoms with Crippen LogP contribution in [0.25, 0.3) is 0 Å². The fourth-order valence-electron chi connectivity index (χ4n) is 3.92. The lowest BCUT2D eigenvalue weighted by molar-refractivity contribution is -0.122. The van der Waals surface area contributed by atoms with Gasteiger partial charge < -0.3 is 5.11 Å². The van der Waals surface area contributed by atoms with Crippen molar-refractivity contribution in [2.24, 2.45) is 5.41 Å². The van der Waals surface area contributed by atoms with Crippen molar-refractivity contribution in [3.05, 3.63) is 70.8 Å². The first-order valence-electron chi connectivity index (χ1n) is 8.22. The molecule has 120 valence electrons. The van der Waals surface area contributed by atoms with Crippen molar-refractivity contribution in [1.29, 1.82) is 0 Å². The summed E-state index contributed by atoms with van der Waals surface area (Å²) in [6, 6.07) is 16.3. The Labute approximate surface area is 138 Å². The van der Waals surface area contributed by atoms with Gasteiger partial charge in [0.05, 0.1) is 5.92 Å². The normalized spacial score (nSPS) is 21.1. The Balaban J connectivity index is 2.21. The van der Waals surface area contributed by atoms with Crippen LogP contribution in [-0.2, 0) is 11.2 Å². The van der Waals surface area contributed by atoms with Gasteiger partial charge in [-0.3, -0.25) is 4.79 Å². The number of aliphatic hydroxyl groups excluding tert-OH is 1. The number of ketones is 1. The number of carbonyl (C=O) groups excluding carboxylic acids is 1. The molecule has 1 aliphatic rings. The van der Waals surface area contributed by atoms with E-state index in [-0.39, 0.29) is 29.6 Å². The predicted octanol–water partition coefficient (Wildman–Crippen LogP) is 4.01. The molecule has 0 heterocycles. The standard InChI is InChI=1S/C21H24O2/c1-14-8-4-6-10-16(14)19-18(23)12-15-9-5-7-11-17(15)20(19)21(2,3)13-22/h4-11,19-20,22H,12-13H2,1-3H3. The Morgan fingerprint density at radius 3 is 2.30 bits per heavy atom. The minimum atomic E-state index is -0.362. The van der Waals surface area contributed by atoms with E-state index in [4.69, 9.17) is 0 Å². The van der Waals surface area contributed by atoms with Crippen molar-refractivity contribution in [3.63, 3.8) is 0 Å². The zero-order chi connectivity index (χ0) is 16.6. The summed E-state index contributed by atoms with van der Waals surface area (Å²) in [6.45, 7) is 6.23. The Hall–Kier alpha value is -1.93. The van der Waals surface area contributed by atoms with E-state index in [1.54, 1.807) is 0 Å². The molecule has 0 aliphatic heterocycles. The SMILES string of the molecule is Cc1ccccc1C1C(=O)Cc2ccccc2C1C(C)(C)CO. The van der Waals surface area contributed by atoms with Crippen molar-refractivity contribution in [2.45, 2.75) is 39.0 Å². The summed E-state index contributed by atoms with van der Waals surface area (Å²) < 4.78 is 0. The first-order valence-corrected chi connectivity index (χ1v) is 8.22. The summed E-state index contributed by atoms with van der Waals surface area (Å²) in [5.74, 6) is 0.0591. The van der Waals surface area contributed by atoms with E-state index in [9.17, 15) is 9.90 Å². The molecule has 0 fully saturated rings. The van der Waals surface area contributed by atoms with E-state index < -0.39 is 0 Å². The third-order valence-corrected chi connectivity index (χ3v) is 5.21. The van der Waals surface area contributed by atoms with Crippen LogP contribution >= 0.6 is 0 Å². The Morgan fingerprint density at radius 2 is 1.65 bits per heavy atom. The molecule has 1 N–H and O–H groups in total. The molecule has 2 atom stereocenters. The lowest BCUT2D eigenvalue weighted by Gasteiger charge is -2.42. The van der Waals surface area contributed by atoms with E-state index in [1.807, 2.05) is 30.3 Å². The topological polar surface area (TPSA) is 37.3 Å². The van der Waals surface area contributed by atoms with Crippen molar-refractivity contribution < 1.29 is 9.90 Å². The molecule has 23 heavy (non-hydrogen) atoms. The van der Waals surface area contributed by atoms with Crippen molar-refractivity contribution in [2.75, 3.05) is 6.61 Å². The summed E-state index contributed by atoms with van der Waals surface area (Å²) in [5.41, 5.74) is 4.19. The maximum absolute atomic E-state index is 13.0. The van der Waals surface area contributed by atoms with Gasteiger partial charge in [0.15, 0.2) is 0 Å². The number of fused-ring (bicyclic) bond motifs is 1. The zero-order valence-electron chi connectivity index (χ0n) is 14.0. The lowest BCUT2D eigenvalue weighted by Crippen LogP contribution is -2.38. The van der Waals surface area contributed by atoms with Crippen molar-refractivity contribution in [3.8, 4) is 0 Å². The number of aliphatic hydroxyl groups is 1. The summed E-state index contributed by atoms with van der Waals surface area (Å²) in [6.07, 6.45) is 0.479. The van der Waals surface area contributed by atoms with Crippen LogP contribution in [0.3, 0.4) is 0 Å². The minimum Gasteiger partial charge on any atom is -0.396 e. The average molecular weight is 308 g/mol. The van der Waals surface area contributed by atoms with Gasteiger partial charge >= 0.3 is 0 Å². The molecule has 0 amide bonds. The van der Waals surface area contributed by atoms with E-state index in [0.717, 1.165) is 16.7 Å². The van der Waals surface area contributed by atoms with E-state index in [0.29, 0.717) is 6.42 Å². The molecule has 2 aromatic rings. The van der Waals surface area contributed by atoms with Gasteiger partial charge in [-0.25, -0.2) is 0 Å². The Morgan fingerprint density at radius 1 is 1.04 bits per heavy atom. The highest BCUT2D eigenvalue weighted by Gasteiger charge is 2.44. The second-order valence-corrected chi connectivity index (χ2v) is 7.30. The first-order chi connectivity index (χ1) is 11.0. The summed E-state index contributed by atoms with van der Waals surface area (Å²) in [7, 11) is 0. The van der Waals surface area contributed by atoms with Crippen LogP contribution in [0.4, 0.5) is 0 Å². The maximum atomic E-state index is 13.0. The maximum Gasteiger partial charge on any atom is 0.145 e. The van der Waals surface area contributed by atoms with Crippen LogP contribution in [0.5, 0.6) is 0 Å². The molecule has 0 radical (unpaired) electrons. The second kappa shape index (κ2) is 5.93. The smallest absolute Gasteiger partial charge is 0.145 e. The molecule has 0 spiro atoms. The van der Waals surface area contributed by atoms with E-state index >= 15 is 0 Å². The monoisotopic (exact) mass is 308 g/mol.